The SMILES string of the molecule is CCCCCCCCCCCC(=O)OOC(=O)CCCCCCCCCCC.CCc1ncc(C)[nH]1. The number of hydrogen-bond donors (Lipinski definition) is 1. The predicted octanol–water partition coefficient (Wildman–Crippen LogP) is 9.11. The van der Waals surface area contributed by atoms with Crippen molar-refractivity contribution in [3.8, 4) is 0 Å². The van der Waals surface area contributed by atoms with E-state index in [1.807, 2.05) is 13.1 Å². The minimum absolute atomic E-state index is 0.334. The summed E-state index contributed by atoms with van der Waals surface area (Å²) >= 11 is 0. The molecular weight excluding hydrogens is 452 g/mol. The lowest BCUT2D eigenvalue weighted by molar-refractivity contribution is -0.259. The summed E-state index contributed by atoms with van der Waals surface area (Å²) in [5, 5.41) is 0. The average molecular weight is 509 g/mol. The number of nitrogens with one attached hydrogen (secondary N) is 1. The van der Waals surface area contributed by atoms with E-state index >= 15 is 0 Å². The molecule has 0 unspecified atom stereocenters. The Kier molecular flexibility index (Phi) is 24.9. The summed E-state index contributed by atoms with van der Waals surface area (Å²) in [6.07, 6.45) is 25.2. The summed E-state index contributed by atoms with van der Waals surface area (Å²) in [6, 6.07) is 0. The fourth-order valence-electron chi connectivity index (χ4n) is 3.98. The summed E-state index contributed by atoms with van der Waals surface area (Å²) < 4.78 is 0. The molecule has 1 N–H and O–H groups in total. The van der Waals surface area contributed by atoms with Crippen LogP contribution in [0.5, 0.6) is 0 Å². The van der Waals surface area contributed by atoms with E-state index in [0.29, 0.717) is 12.8 Å². The van der Waals surface area contributed by atoms with Crippen molar-refractivity contribution in [2.24, 2.45) is 0 Å². The molecule has 0 fully saturated rings. The van der Waals surface area contributed by atoms with Crippen molar-refractivity contribution < 1.29 is 19.4 Å². The molecule has 0 aliphatic rings. The van der Waals surface area contributed by atoms with E-state index < -0.39 is 11.9 Å². The minimum atomic E-state index is -0.427. The van der Waals surface area contributed by atoms with Crippen molar-refractivity contribution in [1.29, 1.82) is 0 Å². The van der Waals surface area contributed by atoms with Crippen LogP contribution in [0.15, 0.2) is 6.20 Å². The molecule has 0 atom stereocenters. The zero-order valence-electron chi connectivity index (χ0n) is 24.0. The second-order valence-corrected chi connectivity index (χ2v) is 9.93. The summed E-state index contributed by atoms with van der Waals surface area (Å²) in [6.45, 7) is 8.55. The van der Waals surface area contributed by atoms with Gasteiger partial charge in [0.15, 0.2) is 0 Å². The molecular formula is C30H56N2O4. The Morgan fingerprint density at radius 1 is 0.639 bits per heavy atom. The number of H-pyrrole nitrogens is 1. The molecule has 0 bridgehead atoms. The van der Waals surface area contributed by atoms with Gasteiger partial charge in [0, 0.05) is 18.3 Å². The van der Waals surface area contributed by atoms with Gasteiger partial charge in [-0.1, -0.05) is 124 Å². The lowest BCUT2D eigenvalue weighted by Crippen LogP contribution is -2.11. The third kappa shape index (κ3) is 23.9. The molecule has 0 aromatic carbocycles. The third-order valence-electron chi connectivity index (χ3n) is 6.29. The zero-order chi connectivity index (χ0) is 26.7. The highest BCUT2D eigenvalue weighted by molar-refractivity contribution is 5.72. The molecule has 0 aliphatic carbocycles. The standard InChI is InChI=1S/C24H46O4.C6H10N2/c1-3-5-7-9-11-13-15-17-19-21-23(25)27-28-24(26)22-20-18-16-14-12-10-8-6-4-2;1-3-6-7-4-5(2)8-6/h3-22H2,1-2H3;4H,3H2,1-2H3,(H,7,8). The van der Waals surface area contributed by atoms with Gasteiger partial charge in [-0.05, 0) is 19.8 Å². The predicted molar refractivity (Wildman–Crippen MR) is 149 cm³/mol. The van der Waals surface area contributed by atoms with E-state index in [1.54, 1.807) is 0 Å². The molecule has 6 nitrogen and oxygen atoms in total. The second-order valence-electron chi connectivity index (χ2n) is 9.93. The van der Waals surface area contributed by atoms with Crippen molar-refractivity contribution in [2.75, 3.05) is 0 Å². The number of rotatable bonds is 21. The Labute approximate surface area is 221 Å². The zero-order valence-corrected chi connectivity index (χ0v) is 24.0. The van der Waals surface area contributed by atoms with E-state index in [-0.39, 0.29) is 0 Å². The normalized spacial score (nSPS) is 10.6. The molecule has 210 valence electrons. The molecule has 0 spiro atoms. The van der Waals surface area contributed by atoms with E-state index in [2.05, 4.69) is 40.5 Å². The van der Waals surface area contributed by atoms with E-state index in [1.165, 1.54) is 77.0 Å². The molecule has 0 radical (unpaired) electrons. The van der Waals surface area contributed by atoms with Crippen LogP contribution in [0.1, 0.15) is 161 Å². The Balaban J connectivity index is 0.00000128. The van der Waals surface area contributed by atoms with Gasteiger partial charge in [-0.25, -0.2) is 24.3 Å². The van der Waals surface area contributed by atoms with Crippen LogP contribution in [-0.2, 0) is 25.8 Å². The van der Waals surface area contributed by atoms with Gasteiger partial charge >= 0.3 is 11.9 Å². The quantitative estimate of drug-likeness (QED) is 0.102. The van der Waals surface area contributed by atoms with Gasteiger partial charge in [0.05, 0.1) is 12.8 Å². The van der Waals surface area contributed by atoms with Crippen LogP contribution in [-0.4, -0.2) is 21.9 Å². The van der Waals surface area contributed by atoms with Crippen LogP contribution in [0, 0.1) is 6.92 Å². The molecule has 1 heterocycles. The molecule has 6 heteroatoms. The number of imidazole rings is 1. The average Bonchev–Trinajstić information content (AvgIpc) is 3.31. The lowest BCUT2D eigenvalue weighted by atomic mass is 10.1. The van der Waals surface area contributed by atoms with Crippen LogP contribution in [0.2, 0.25) is 0 Å². The van der Waals surface area contributed by atoms with Gasteiger partial charge in [0.1, 0.15) is 5.82 Å². The minimum Gasteiger partial charge on any atom is -0.346 e. The summed E-state index contributed by atoms with van der Waals surface area (Å²) in [5.74, 6) is 0.217. The first-order valence-electron chi connectivity index (χ1n) is 14.9. The Morgan fingerprint density at radius 2 is 1.00 bits per heavy atom. The highest BCUT2D eigenvalue weighted by Crippen LogP contribution is 2.12. The molecule has 0 saturated heterocycles. The second kappa shape index (κ2) is 26.2. The fraction of sp³-hybridized carbons (Fsp3) is 0.833. The van der Waals surface area contributed by atoms with Gasteiger partial charge in [-0.15, -0.1) is 0 Å². The van der Waals surface area contributed by atoms with Crippen LogP contribution >= 0.6 is 0 Å². The molecule has 36 heavy (non-hydrogen) atoms. The Hall–Kier alpha value is -1.85. The topological polar surface area (TPSA) is 81.3 Å². The first kappa shape index (κ1) is 34.1. The number of nitrogens with zero attached hydrogens (tertiary/aromatic N) is 1. The monoisotopic (exact) mass is 508 g/mol. The van der Waals surface area contributed by atoms with Crippen molar-refractivity contribution in [3.63, 3.8) is 0 Å². The van der Waals surface area contributed by atoms with Gasteiger partial charge < -0.3 is 4.98 Å². The number of aromatic amines is 1. The van der Waals surface area contributed by atoms with Gasteiger partial charge in [0.2, 0.25) is 0 Å². The first-order valence-corrected chi connectivity index (χ1v) is 14.9. The molecule has 0 aliphatic heterocycles. The van der Waals surface area contributed by atoms with E-state index in [0.717, 1.165) is 56.5 Å². The highest BCUT2D eigenvalue weighted by atomic mass is 17.2. The molecule has 1 aromatic heterocycles. The number of carbonyl (C=O) groups excluding carboxylic acids is 2. The first-order chi connectivity index (χ1) is 17.5. The van der Waals surface area contributed by atoms with Gasteiger partial charge in [-0.2, -0.15) is 0 Å². The number of carbonyl (C=O) groups is 2. The maximum Gasteiger partial charge on any atom is 0.355 e. The van der Waals surface area contributed by atoms with E-state index in [9.17, 15) is 9.59 Å². The Bertz CT molecular complexity index is 596. The number of aromatic nitrogens is 2. The summed E-state index contributed by atoms with van der Waals surface area (Å²) in [5.41, 5.74) is 1.14. The number of hydrogen-bond acceptors (Lipinski definition) is 5. The highest BCUT2D eigenvalue weighted by Gasteiger charge is 2.09. The summed E-state index contributed by atoms with van der Waals surface area (Å²) in [7, 11) is 0. The summed E-state index contributed by atoms with van der Waals surface area (Å²) in [4.78, 5) is 39.6. The molecule has 1 aromatic rings. The van der Waals surface area contributed by atoms with Crippen molar-refractivity contribution in [2.45, 2.75) is 163 Å². The maximum absolute atomic E-state index is 11.6. The largest absolute Gasteiger partial charge is 0.355 e. The van der Waals surface area contributed by atoms with Crippen LogP contribution in [0.3, 0.4) is 0 Å². The molecule has 0 amide bonds. The molecule has 0 saturated carbocycles. The third-order valence-corrected chi connectivity index (χ3v) is 6.29. The number of unbranched alkanes of at least 4 members (excludes halogenated alkanes) is 16. The van der Waals surface area contributed by atoms with Gasteiger partial charge in [-0.3, -0.25) is 0 Å². The van der Waals surface area contributed by atoms with Gasteiger partial charge in [0.25, 0.3) is 0 Å². The van der Waals surface area contributed by atoms with Crippen molar-refractivity contribution in [3.05, 3.63) is 17.7 Å². The lowest BCUT2D eigenvalue weighted by Gasteiger charge is -2.04. The number of aryl methyl sites for hydroxylation is 2. The Morgan fingerprint density at radius 3 is 1.28 bits per heavy atom. The maximum atomic E-state index is 11.6. The van der Waals surface area contributed by atoms with Crippen molar-refractivity contribution >= 4 is 11.9 Å². The van der Waals surface area contributed by atoms with Crippen LogP contribution in [0.25, 0.3) is 0 Å². The smallest absolute Gasteiger partial charge is 0.346 e. The fourth-order valence-corrected chi connectivity index (χ4v) is 3.98. The van der Waals surface area contributed by atoms with Crippen LogP contribution in [0.4, 0.5) is 0 Å². The van der Waals surface area contributed by atoms with Crippen molar-refractivity contribution in [1.82, 2.24) is 9.97 Å². The molecule has 1 rings (SSSR count). The van der Waals surface area contributed by atoms with E-state index in [4.69, 9.17) is 0 Å². The van der Waals surface area contributed by atoms with Crippen LogP contribution < -0.4 is 0 Å².